The Labute approximate surface area is 144 Å². The van der Waals surface area contributed by atoms with E-state index in [1.54, 1.807) is 12.9 Å². The lowest BCUT2D eigenvalue weighted by atomic mass is 10.1. The highest BCUT2D eigenvalue weighted by molar-refractivity contribution is 6.10. The van der Waals surface area contributed by atoms with E-state index in [1.807, 2.05) is 60.4 Å². The number of para-hydroxylation sites is 2. The largest absolute Gasteiger partial charge is 0.435 e. The fourth-order valence-electron chi connectivity index (χ4n) is 3.35. The Kier molecular flexibility index (Phi) is 2.12. The molecule has 1 aliphatic heterocycles. The van der Waals surface area contributed by atoms with Crippen molar-refractivity contribution in [2.45, 2.75) is 6.92 Å². The minimum Gasteiger partial charge on any atom is -0.435 e. The Bertz CT molecular complexity index is 1180. The van der Waals surface area contributed by atoms with Crippen LogP contribution in [-0.2, 0) is 0 Å². The van der Waals surface area contributed by atoms with Gasteiger partial charge < -0.3 is 14.2 Å². The highest BCUT2D eigenvalue weighted by Crippen LogP contribution is 2.46. The number of anilines is 3. The van der Waals surface area contributed by atoms with Crippen molar-refractivity contribution < 1.29 is 8.53 Å². The topological polar surface area (TPSA) is 32.5 Å². The number of fused-ring (bicyclic) bond motifs is 4. The Morgan fingerprint density at radius 1 is 1.00 bits per heavy atom. The van der Waals surface area contributed by atoms with Crippen LogP contribution in [0.25, 0.3) is 22.1 Å². The fourth-order valence-corrected chi connectivity index (χ4v) is 3.35. The Balaban J connectivity index is 1.78. The first-order chi connectivity index (χ1) is 12.9. The lowest BCUT2D eigenvalue weighted by Gasteiger charge is -2.20. The van der Waals surface area contributed by atoms with E-state index >= 15 is 0 Å². The van der Waals surface area contributed by atoms with E-state index in [0.29, 0.717) is 17.0 Å². The molecule has 5 rings (SSSR count). The maximum Gasteiger partial charge on any atom is 0.227 e. The summed E-state index contributed by atoms with van der Waals surface area (Å²) in [6, 6.07) is 15.4. The first-order valence-electron chi connectivity index (χ1n) is 9.24. The van der Waals surface area contributed by atoms with Crippen LogP contribution in [0.4, 0.5) is 17.1 Å². The molecule has 0 fully saturated rings. The minimum atomic E-state index is -2.28. The van der Waals surface area contributed by atoms with Gasteiger partial charge in [-0.25, -0.2) is 4.98 Å². The molecule has 4 heteroatoms. The third kappa shape index (κ3) is 1.71. The van der Waals surface area contributed by atoms with Crippen molar-refractivity contribution in [3.63, 3.8) is 0 Å². The summed E-state index contributed by atoms with van der Waals surface area (Å²) < 4.78 is 29.7. The number of rotatable bonds is 1. The zero-order chi connectivity index (χ0) is 18.8. The molecule has 0 bridgehead atoms. The first-order valence-corrected chi connectivity index (χ1v) is 7.74. The quantitative estimate of drug-likeness (QED) is 0.495. The van der Waals surface area contributed by atoms with Gasteiger partial charge in [-0.2, -0.15) is 0 Å². The van der Waals surface area contributed by atoms with Crippen LogP contribution in [0.5, 0.6) is 0 Å². The molecule has 0 amide bonds. The lowest BCUT2D eigenvalue weighted by molar-refractivity contribution is 0.653. The number of benzene rings is 2. The predicted molar refractivity (Wildman–Crippen MR) is 97.5 cm³/mol. The highest BCUT2D eigenvalue weighted by atomic mass is 16.3. The molecule has 0 atom stereocenters. The summed E-state index contributed by atoms with van der Waals surface area (Å²) in [6.07, 6.45) is 1.70. The predicted octanol–water partition coefficient (Wildman–Crippen LogP) is 5.00. The van der Waals surface area contributed by atoms with E-state index in [2.05, 4.69) is 4.98 Å². The second kappa shape index (κ2) is 4.74. The average Bonchev–Trinajstić information content (AvgIpc) is 3.20. The van der Waals surface area contributed by atoms with Crippen molar-refractivity contribution in [3.05, 3.63) is 67.0 Å². The van der Waals surface area contributed by atoms with E-state index in [1.165, 1.54) is 4.90 Å². The maximum absolute atomic E-state index is 7.88. The summed E-state index contributed by atoms with van der Waals surface area (Å²) in [7, 11) is 0. The first kappa shape index (κ1) is 10.7. The second-order valence-corrected chi connectivity index (χ2v) is 5.91. The minimum absolute atomic E-state index is 0.569. The summed E-state index contributed by atoms with van der Waals surface area (Å²) in [6.45, 7) is 1.34. The van der Waals surface area contributed by atoms with Crippen molar-refractivity contribution in [2.24, 2.45) is 0 Å². The molecule has 117 valence electrons. The molecule has 0 unspecified atom stereocenters. The lowest BCUT2D eigenvalue weighted by Crippen LogP contribution is -2.18. The smallest absolute Gasteiger partial charge is 0.227 e. The van der Waals surface area contributed by atoms with Gasteiger partial charge in [0.2, 0.25) is 5.71 Å². The van der Waals surface area contributed by atoms with Crippen LogP contribution in [0.15, 0.2) is 59.1 Å². The molecule has 0 saturated carbocycles. The average molecular weight is 317 g/mol. The molecule has 1 aliphatic rings. The summed E-state index contributed by atoms with van der Waals surface area (Å²) in [5.74, 6) is 0. The zero-order valence-corrected chi connectivity index (χ0v) is 13.0. The van der Waals surface area contributed by atoms with Gasteiger partial charge in [-0.1, -0.05) is 24.3 Å². The number of hydrogen-bond donors (Lipinski definition) is 0. The van der Waals surface area contributed by atoms with Gasteiger partial charge in [0.1, 0.15) is 6.67 Å². The molecule has 3 heterocycles. The molecular formula is C20H16N3O. The molecule has 0 aliphatic carbocycles. The number of nitrogens with zero attached hydrogens (tertiary/aromatic N) is 3. The number of aryl methyl sites for hydroxylation is 1. The molecule has 2 aromatic heterocycles. The Hall–Kier alpha value is -3.01. The summed E-state index contributed by atoms with van der Waals surface area (Å²) in [5.41, 5.74) is 4.52. The van der Waals surface area contributed by atoms with Gasteiger partial charge in [0.15, 0.2) is 5.58 Å². The number of pyridine rings is 1. The summed E-state index contributed by atoms with van der Waals surface area (Å²) in [5, 5.41) is 1.89. The Morgan fingerprint density at radius 2 is 1.88 bits per heavy atom. The maximum atomic E-state index is 7.88. The van der Waals surface area contributed by atoms with E-state index in [0.717, 1.165) is 27.7 Å². The summed E-state index contributed by atoms with van der Waals surface area (Å²) in [4.78, 5) is 7.53. The van der Waals surface area contributed by atoms with E-state index in [4.69, 9.17) is 8.53 Å². The molecule has 0 spiro atoms. The molecule has 0 saturated heterocycles. The van der Waals surface area contributed by atoms with Gasteiger partial charge >= 0.3 is 0 Å². The summed E-state index contributed by atoms with van der Waals surface area (Å²) >= 11 is 0. The molecular weight excluding hydrogens is 298 g/mol. The highest BCUT2D eigenvalue weighted by Gasteiger charge is 2.28. The zero-order valence-electron chi connectivity index (χ0n) is 16.0. The molecule has 24 heavy (non-hydrogen) atoms. The SMILES string of the molecule is [2H]C([2H])([2H])N1[CH]N(c2c(C)ccc3c2oc2ncccc23)c2ccccc21. The van der Waals surface area contributed by atoms with Gasteiger partial charge in [0.25, 0.3) is 0 Å². The van der Waals surface area contributed by atoms with Crippen LogP contribution in [0.3, 0.4) is 0 Å². The van der Waals surface area contributed by atoms with Gasteiger partial charge in [0, 0.05) is 28.1 Å². The van der Waals surface area contributed by atoms with Gasteiger partial charge in [-0.15, -0.1) is 0 Å². The molecule has 0 N–H and O–H groups in total. The van der Waals surface area contributed by atoms with Crippen LogP contribution in [-0.4, -0.2) is 12.0 Å². The van der Waals surface area contributed by atoms with Crippen LogP contribution < -0.4 is 9.80 Å². The number of hydrogen-bond acceptors (Lipinski definition) is 4. The van der Waals surface area contributed by atoms with E-state index in [-0.39, 0.29) is 0 Å². The van der Waals surface area contributed by atoms with Gasteiger partial charge in [-0.05, 0) is 36.8 Å². The van der Waals surface area contributed by atoms with Crippen molar-refractivity contribution in [1.29, 1.82) is 0 Å². The third-order valence-corrected chi connectivity index (χ3v) is 4.47. The molecule has 2 aromatic carbocycles. The van der Waals surface area contributed by atoms with Crippen LogP contribution in [0.1, 0.15) is 9.68 Å². The van der Waals surface area contributed by atoms with E-state index in [9.17, 15) is 0 Å². The number of furan rings is 1. The van der Waals surface area contributed by atoms with Crippen molar-refractivity contribution in [2.75, 3.05) is 16.8 Å². The van der Waals surface area contributed by atoms with Crippen molar-refractivity contribution in [3.8, 4) is 0 Å². The van der Waals surface area contributed by atoms with E-state index < -0.39 is 6.98 Å². The number of aromatic nitrogens is 1. The van der Waals surface area contributed by atoms with Gasteiger partial charge in [0.05, 0.1) is 17.1 Å². The normalized spacial score (nSPS) is 16.3. The van der Waals surface area contributed by atoms with Crippen LogP contribution in [0.2, 0.25) is 0 Å². The standard InChI is InChI=1S/C20H16N3O/c1-13-9-10-14-15-6-5-11-21-20(15)24-19(14)18(13)23-12-22(2)16-7-3-4-8-17(16)23/h3-12H,1-2H3/i2D3. The van der Waals surface area contributed by atoms with Crippen molar-refractivity contribution in [1.82, 2.24) is 4.98 Å². The fraction of sp³-hybridized carbons (Fsp3) is 0.100. The Morgan fingerprint density at radius 3 is 2.75 bits per heavy atom. The molecule has 1 radical (unpaired) electrons. The monoisotopic (exact) mass is 317 g/mol. The van der Waals surface area contributed by atoms with Crippen LogP contribution in [0, 0.1) is 13.6 Å². The molecule has 4 nitrogen and oxygen atoms in total. The third-order valence-electron chi connectivity index (χ3n) is 4.47. The van der Waals surface area contributed by atoms with Crippen LogP contribution >= 0.6 is 0 Å². The van der Waals surface area contributed by atoms with Gasteiger partial charge in [-0.3, -0.25) is 0 Å². The van der Waals surface area contributed by atoms with Crippen molar-refractivity contribution >= 4 is 39.1 Å². The molecule has 4 aromatic rings. The second-order valence-electron chi connectivity index (χ2n) is 5.91.